The van der Waals surface area contributed by atoms with Crippen molar-refractivity contribution in [2.45, 2.75) is 24.2 Å². The first kappa shape index (κ1) is 15.9. The summed E-state index contributed by atoms with van der Waals surface area (Å²) in [5, 5.41) is 16.3. The van der Waals surface area contributed by atoms with Crippen LogP contribution in [-0.2, 0) is 14.8 Å². The van der Waals surface area contributed by atoms with Crippen molar-refractivity contribution in [2.24, 2.45) is 5.14 Å². The SMILES string of the molecule is NS(=O)(=O)c1ccc(Cl)c(NC(=O)CCCCO)c1. The number of sulfonamides is 1. The number of aliphatic hydroxyl groups is 1. The van der Waals surface area contributed by atoms with Gasteiger partial charge in [-0.3, -0.25) is 4.79 Å². The highest BCUT2D eigenvalue weighted by molar-refractivity contribution is 7.89. The highest BCUT2D eigenvalue weighted by Crippen LogP contribution is 2.25. The zero-order chi connectivity index (χ0) is 14.5. The first-order valence-corrected chi connectivity index (χ1v) is 7.50. The van der Waals surface area contributed by atoms with Gasteiger partial charge in [-0.15, -0.1) is 0 Å². The molecule has 0 fully saturated rings. The third kappa shape index (κ3) is 5.15. The van der Waals surface area contributed by atoms with Crippen molar-refractivity contribution < 1.29 is 18.3 Å². The van der Waals surface area contributed by atoms with Crippen LogP contribution in [0.1, 0.15) is 19.3 Å². The van der Waals surface area contributed by atoms with Gasteiger partial charge in [-0.1, -0.05) is 11.6 Å². The number of unbranched alkanes of at least 4 members (excludes halogenated alkanes) is 1. The van der Waals surface area contributed by atoms with Gasteiger partial charge in [0.25, 0.3) is 0 Å². The average Bonchev–Trinajstić information content (AvgIpc) is 2.31. The van der Waals surface area contributed by atoms with Gasteiger partial charge in [-0.2, -0.15) is 0 Å². The summed E-state index contributed by atoms with van der Waals surface area (Å²) in [6.45, 7) is 0.0228. The maximum atomic E-state index is 11.6. The van der Waals surface area contributed by atoms with Crippen molar-refractivity contribution in [1.29, 1.82) is 0 Å². The molecule has 0 aromatic heterocycles. The predicted octanol–water partition coefficient (Wildman–Crippen LogP) is 1.09. The number of benzene rings is 1. The van der Waals surface area contributed by atoms with Crippen LogP contribution in [0, 0.1) is 0 Å². The molecule has 4 N–H and O–H groups in total. The average molecular weight is 307 g/mol. The second-order valence-electron chi connectivity index (χ2n) is 3.92. The first-order chi connectivity index (χ1) is 8.84. The van der Waals surface area contributed by atoms with Crippen molar-refractivity contribution in [2.75, 3.05) is 11.9 Å². The Balaban J connectivity index is 2.80. The van der Waals surface area contributed by atoms with E-state index in [2.05, 4.69) is 5.32 Å². The summed E-state index contributed by atoms with van der Waals surface area (Å²) in [7, 11) is -3.84. The van der Waals surface area contributed by atoms with Crippen LogP contribution in [0.5, 0.6) is 0 Å². The van der Waals surface area contributed by atoms with Crippen molar-refractivity contribution >= 4 is 33.2 Å². The van der Waals surface area contributed by atoms with Gasteiger partial charge in [0.2, 0.25) is 15.9 Å². The van der Waals surface area contributed by atoms with E-state index in [4.69, 9.17) is 21.8 Å². The van der Waals surface area contributed by atoms with Gasteiger partial charge < -0.3 is 10.4 Å². The molecule has 1 amide bonds. The molecular formula is C11H15ClN2O4S. The molecule has 0 radical (unpaired) electrons. The topological polar surface area (TPSA) is 109 Å². The molecule has 1 aromatic rings. The van der Waals surface area contributed by atoms with Crippen LogP contribution in [0.2, 0.25) is 5.02 Å². The van der Waals surface area contributed by atoms with Gasteiger partial charge in [0.15, 0.2) is 0 Å². The molecule has 6 nitrogen and oxygen atoms in total. The highest BCUT2D eigenvalue weighted by atomic mass is 35.5. The Morgan fingerprint density at radius 3 is 2.63 bits per heavy atom. The smallest absolute Gasteiger partial charge is 0.238 e. The molecule has 0 heterocycles. The summed E-state index contributed by atoms with van der Waals surface area (Å²) >= 11 is 5.86. The van der Waals surface area contributed by atoms with E-state index < -0.39 is 10.0 Å². The predicted molar refractivity (Wildman–Crippen MR) is 72.4 cm³/mol. The van der Waals surface area contributed by atoms with Crippen LogP contribution >= 0.6 is 11.6 Å². The van der Waals surface area contributed by atoms with Crippen LogP contribution in [0.25, 0.3) is 0 Å². The zero-order valence-electron chi connectivity index (χ0n) is 10.1. The molecule has 19 heavy (non-hydrogen) atoms. The van der Waals surface area contributed by atoms with Gasteiger partial charge >= 0.3 is 0 Å². The number of hydrogen-bond donors (Lipinski definition) is 3. The molecule has 0 saturated carbocycles. The second-order valence-corrected chi connectivity index (χ2v) is 5.88. The van der Waals surface area contributed by atoms with Crippen LogP contribution in [0.15, 0.2) is 23.1 Å². The van der Waals surface area contributed by atoms with Crippen molar-refractivity contribution in [3.63, 3.8) is 0 Å². The van der Waals surface area contributed by atoms with Crippen LogP contribution in [0.4, 0.5) is 5.69 Å². The standard InChI is InChI=1S/C11H15ClN2O4S/c12-9-5-4-8(19(13,17)18)7-10(9)14-11(16)3-1-2-6-15/h4-5,7,15H,1-3,6H2,(H,14,16)(H2,13,17,18). The van der Waals surface area contributed by atoms with Crippen LogP contribution < -0.4 is 10.5 Å². The first-order valence-electron chi connectivity index (χ1n) is 5.57. The maximum absolute atomic E-state index is 11.6. The molecule has 0 spiro atoms. The number of hydrogen-bond acceptors (Lipinski definition) is 4. The fourth-order valence-corrected chi connectivity index (χ4v) is 2.09. The molecule has 0 atom stereocenters. The van der Waals surface area contributed by atoms with E-state index in [9.17, 15) is 13.2 Å². The number of rotatable bonds is 6. The lowest BCUT2D eigenvalue weighted by Crippen LogP contribution is -2.15. The molecule has 0 saturated heterocycles. The van der Waals surface area contributed by atoms with E-state index in [1.54, 1.807) is 0 Å². The lowest BCUT2D eigenvalue weighted by molar-refractivity contribution is -0.116. The van der Waals surface area contributed by atoms with Crippen LogP contribution in [0.3, 0.4) is 0 Å². The molecule has 8 heteroatoms. The number of nitrogens with two attached hydrogens (primary N) is 1. The third-order valence-corrected chi connectivity index (χ3v) is 3.59. The lowest BCUT2D eigenvalue weighted by atomic mass is 10.2. The molecule has 1 aromatic carbocycles. The van der Waals surface area contributed by atoms with E-state index >= 15 is 0 Å². The van der Waals surface area contributed by atoms with E-state index in [1.807, 2.05) is 0 Å². The number of halogens is 1. The number of nitrogens with one attached hydrogen (secondary N) is 1. The molecule has 0 aliphatic rings. The van der Waals surface area contributed by atoms with E-state index in [0.717, 1.165) is 0 Å². The lowest BCUT2D eigenvalue weighted by Gasteiger charge is -2.08. The Bertz CT molecular complexity index is 560. The minimum atomic E-state index is -3.84. The fraction of sp³-hybridized carbons (Fsp3) is 0.364. The molecule has 0 bridgehead atoms. The Morgan fingerprint density at radius 1 is 1.37 bits per heavy atom. The Hall–Kier alpha value is -1.15. The monoisotopic (exact) mass is 306 g/mol. The van der Waals surface area contributed by atoms with E-state index in [-0.39, 0.29) is 34.5 Å². The van der Waals surface area contributed by atoms with Gasteiger partial charge in [-0.25, -0.2) is 13.6 Å². The summed E-state index contributed by atoms with van der Waals surface area (Å²) in [6.07, 6.45) is 1.28. The number of carbonyl (C=O) groups is 1. The van der Waals surface area contributed by atoms with Gasteiger partial charge in [-0.05, 0) is 31.0 Å². The Labute approximate surface area is 116 Å². The molecule has 0 aliphatic heterocycles. The summed E-state index contributed by atoms with van der Waals surface area (Å²) in [5.41, 5.74) is 0.196. The minimum Gasteiger partial charge on any atom is -0.396 e. The van der Waals surface area contributed by atoms with Gasteiger partial charge in [0.1, 0.15) is 0 Å². The van der Waals surface area contributed by atoms with Crippen molar-refractivity contribution in [3.8, 4) is 0 Å². The Kier molecular flexibility index (Phi) is 5.74. The van der Waals surface area contributed by atoms with E-state index in [0.29, 0.717) is 12.8 Å². The molecule has 0 unspecified atom stereocenters. The van der Waals surface area contributed by atoms with Crippen molar-refractivity contribution in [3.05, 3.63) is 23.2 Å². The Morgan fingerprint density at radius 2 is 2.05 bits per heavy atom. The maximum Gasteiger partial charge on any atom is 0.238 e. The number of anilines is 1. The van der Waals surface area contributed by atoms with Gasteiger partial charge in [0, 0.05) is 13.0 Å². The quantitative estimate of drug-likeness (QED) is 0.683. The van der Waals surface area contributed by atoms with Crippen molar-refractivity contribution in [1.82, 2.24) is 0 Å². The summed E-state index contributed by atoms with van der Waals surface area (Å²) in [4.78, 5) is 11.4. The second kappa shape index (κ2) is 6.85. The third-order valence-electron chi connectivity index (χ3n) is 2.35. The number of amides is 1. The van der Waals surface area contributed by atoms with E-state index in [1.165, 1.54) is 18.2 Å². The summed E-state index contributed by atoms with van der Waals surface area (Å²) < 4.78 is 22.4. The zero-order valence-corrected chi connectivity index (χ0v) is 11.7. The highest BCUT2D eigenvalue weighted by Gasteiger charge is 2.12. The normalized spacial score (nSPS) is 11.3. The molecule has 1 rings (SSSR count). The summed E-state index contributed by atoms with van der Waals surface area (Å²) in [5.74, 6) is -0.304. The largest absolute Gasteiger partial charge is 0.396 e. The molecular weight excluding hydrogens is 292 g/mol. The number of aliphatic hydroxyl groups excluding tert-OH is 1. The number of carbonyl (C=O) groups excluding carboxylic acids is 1. The fourth-order valence-electron chi connectivity index (χ4n) is 1.39. The molecule has 0 aliphatic carbocycles. The van der Waals surface area contributed by atoms with Crippen LogP contribution in [-0.4, -0.2) is 26.0 Å². The van der Waals surface area contributed by atoms with Gasteiger partial charge in [0.05, 0.1) is 15.6 Å². The minimum absolute atomic E-state index is 0.0228. The number of primary sulfonamides is 1. The summed E-state index contributed by atoms with van der Waals surface area (Å²) in [6, 6.07) is 3.82. The molecule has 106 valence electrons.